The molecular formula is C20H28N2O2S. The number of thioether (sulfide) groups is 1. The molecule has 1 saturated heterocycles. The fourth-order valence-electron chi connectivity index (χ4n) is 3.62. The summed E-state index contributed by atoms with van der Waals surface area (Å²) in [5.41, 5.74) is 2.90. The van der Waals surface area contributed by atoms with E-state index in [9.17, 15) is 9.59 Å². The number of carbonyl (C=O) groups is 2. The lowest BCUT2D eigenvalue weighted by Gasteiger charge is -2.20. The maximum Gasteiger partial charge on any atom is 0.230 e. The topological polar surface area (TPSA) is 49.4 Å². The van der Waals surface area contributed by atoms with E-state index in [0.29, 0.717) is 18.7 Å². The van der Waals surface area contributed by atoms with Crippen molar-refractivity contribution < 1.29 is 9.59 Å². The Kier molecular flexibility index (Phi) is 6.79. The van der Waals surface area contributed by atoms with Gasteiger partial charge < -0.3 is 10.2 Å². The van der Waals surface area contributed by atoms with Crippen LogP contribution in [0.1, 0.15) is 49.7 Å². The van der Waals surface area contributed by atoms with Gasteiger partial charge in [-0.05, 0) is 55.4 Å². The molecule has 1 heterocycles. The van der Waals surface area contributed by atoms with Gasteiger partial charge in [0.1, 0.15) is 0 Å². The van der Waals surface area contributed by atoms with E-state index in [1.165, 1.54) is 36.8 Å². The van der Waals surface area contributed by atoms with Crippen molar-refractivity contribution >= 4 is 23.6 Å². The molecule has 2 amide bonds. The molecule has 4 nitrogen and oxygen atoms in total. The van der Waals surface area contributed by atoms with E-state index in [1.807, 2.05) is 4.90 Å². The van der Waals surface area contributed by atoms with Gasteiger partial charge in [0.2, 0.25) is 11.8 Å². The first-order chi connectivity index (χ1) is 12.2. The van der Waals surface area contributed by atoms with Crippen LogP contribution in [0.4, 0.5) is 0 Å². The van der Waals surface area contributed by atoms with Crippen molar-refractivity contribution in [3.63, 3.8) is 0 Å². The van der Waals surface area contributed by atoms with Crippen LogP contribution in [0.25, 0.3) is 0 Å². The molecule has 0 saturated carbocycles. The second-order valence-corrected chi connectivity index (χ2v) is 8.02. The first kappa shape index (κ1) is 18.3. The summed E-state index contributed by atoms with van der Waals surface area (Å²) in [6, 6.07) is 6.54. The summed E-state index contributed by atoms with van der Waals surface area (Å²) in [5.74, 6) is 0.596. The quantitative estimate of drug-likeness (QED) is 0.793. The van der Waals surface area contributed by atoms with Crippen LogP contribution in [0.15, 0.2) is 23.1 Å². The largest absolute Gasteiger partial charge is 0.355 e. The van der Waals surface area contributed by atoms with Gasteiger partial charge in [0.25, 0.3) is 0 Å². The predicted molar refractivity (Wildman–Crippen MR) is 102 cm³/mol. The average molecular weight is 361 g/mol. The minimum Gasteiger partial charge on any atom is -0.355 e. The summed E-state index contributed by atoms with van der Waals surface area (Å²) in [4.78, 5) is 27.3. The number of nitrogens with zero attached hydrogens (tertiary/aromatic N) is 1. The molecule has 136 valence electrons. The lowest BCUT2D eigenvalue weighted by atomic mass is 10.1. The van der Waals surface area contributed by atoms with E-state index in [-0.39, 0.29) is 11.8 Å². The zero-order chi connectivity index (χ0) is 17.5. The van der Waals surface area contributed by atoms with E-state index in [4.69, 9.17) is 0 Å². The lowest BCUT2D eigenvalue weighted by Crippen LogP contribution is -2.35. The number of hydrogen-bond donors (Lipinski definition) is 1. The third-order valence-corrected chi connectivity index (χ3v) is 6.05. The van der Waals surface area contributed by atoms with Gasteiger partial charge in [-0.2, -0.15) is 0 Å². The maximum atomic E-state index is 12.2. The van der Waals surface area contributed by atoms with E-state index in [1.54, 1.807) is 11.8 Å². The molecule has 0 aromatic heterocycles. The Labute approximate surface area is 154 Å². The zero-order valence-corrected chi connectivity index (χ0v) is 15.7. The molecule has 0 radical (unpaired) electrons. The van der Waals surface area contributed by atoms with Crippen molar-refractivity contribution in [2.45, 2.75) is 56.3 Å². The fraction of sp³-hybridized carbons (Fsp3) is 0.600. The number of nitrogens with one attached hydrogen (secondary N) is 1. The van der Waals surface area contributed by atoms with Gasteiger partial charge in [0.05, 0.1) is 5.75 Å². The van der Waals surface area contributed by atoms with Crippen LogP contribution in [-0.2, 0) is 22.4 Å². The van der Waals surface area contributed by atoms with Crippen molar-refractivity contribution in [2.75, 3.05) is 25.4 Å². The summed E-state index contributed by atoms with van der Waals surface area (Å²) in [7, 11) is 0. The Morgan fingerprint density at radius 3 is 2.56 bits per heavy atom. The predicted octanol–water partition coefficient (Wildman–Crippen LogP) is 3.18. The Morgan fingerprint density at radius 1 is 1.00 bits per heavy atom. The van der Waals surface area contributed by atoms with Crippen LogP contribution in [-0.4, -0.2) is 42.1 Å². The summed E-state index contributed by atoms with van der Waals surface area (Å²) < 4.78 is 0. The average Bonchev–Trinajstić information content (AvgIpc) is 2.91. The highest BCUT2D eigenvalue weighted by molar-refractivity contribution is 8.00. The Morgan fingerprint density at radius 2 is 1.76 bits per heavy atom. The van der Waals surface area contributed by atoms with Gasteiger partial charge in [-0.3, -0.25) is 9.59 Å². The van der Waals surface area contributed by atoms with Gasteiger partial charge in [-0.25, -0.2) is 0 Å². The Balaban J connectivity index is 1.34. The van der Waals surface area contributed by atoms with Crippen molar-refractivity contribution in [3.8, 4) is 0 Å². The van der Waals surface area contributed by atoms with Crippen LogP contribution >= 0.6 is 11.8 Å². The van der Waals surface area contributed by atoms with E-state index in [2.05, 4.69) is 23.5 Å². The van der Waals surface area contributed by atoms with Gasteiger partial charge >= 0.3 is 0 Å². The van der Waals surface area contributed by atoms with E-state index in [0.717, 1.165) is 37.2 Å². The van der Waals surface area contributed by atoms with Gasteiger partial charge in [0.15, 0.2) is 0 Å². The third kappa shape index (κ3) is 5.50. The lowest BCUT2D eigenvalue weighted by molar-refractivity contribution is -0.131. The van der Waals surface area contributed by atoms with E-state index < -0.39 is 0 Å². The van der Waals surface area contributed by atoms with E-state index >= 15 is 0 Å². The number of fused-ring (bicyclic) bond motifs is 1. The molecule has 1 aromatic carbocycles. The first-order valence-corrected chi connectivity index (χ1v) is 10.5. The summed E-state index contributed by atoms with van der Waals surface area (Å²) in [5, 5.41) is 2.88. The molecule has 1 N–H and O–H groups in total. The van der Waals surface area contributed by atoms with Crippen molar-refractivity contribution in [1.29, 1.82) is 0 Å². The van der Waals surface area contributed by atoms with Gasteiger partial charge in [0, 0.05) is 31.0 Å². The molecule has 1 aromatic rings. The monoisotopic (exact) mass is 360 g/mol. The van der Waals surface area contributed by atoms with Gasteiger partial charge in [-0.15, -0.1) is 11.8 Å². The molecule has 5 heteroatoms. The Bertz CT molecular complexity index is 610. The van der Waals surface area contributed by atoms with Crippen LogP contribution in [0.3, 0.4) is 0 Å². The summed E-state index contributed by atoms with van der Waals surface area (Å²) in [6.07, 6.45) is 8.66. The van der Waals surface area contributed by atoms with Gasteiger partial charge in [-0.1, -0.05) is 18.9 Å². The van der Waals surface area contributed by atoms with Crippen molar-refractivity contribution in [1.82, 2.24) is 10.2 Å². The highest BCUT2D eigenvalue weighted by Gasteiger charge is 2.15. The summed E-state index contributed by atoms with van der Waals surface area (Å²) in [6.45, 7) is 2.20. The molecule has 0 bridgehead atoms. The van der Waals surface area contributed by atoms with Crippen LogP contribution in [0.2, 0.25) is 0 Å². The molecule has 1 fully saturated rings. The number of rotatable bonds is 6. The molecule has 0 atom stereocenters. The number of carbonyl (C=O) groups excluding carboxylic acids is 2. The standard InChI is InChI=1S/C20H28N2O2S/c23-19(15-25-18-9-8-16-6-5-7-17(16)14-18)21-11-10-20(24)22-12-3-1-2-4-13-22/h8-9,14H,1-7,10-13,15H2,(H,21,23). The van der Waals surface area contributed by atoms with Crippen molar-refractivity contribution in [3.05, 3.63) is 29.3 Å². The van der Waals surface area contributed by atoms with Crippen LogP contribution in [0.5, 0.6) is 0 Å². The summed E-state index contributed by atoms with van der Waals surface area (Å²) >= 11 is 1.58. The number of amides is 2. The zero-order valence-electron chi connectivity index (χ0n) is 14.9. The van der Waals surface area contributed by atoms with Crippen LogP contribution < -0.4 is 5.32 Å². The molecule has 0 spiro atoms. The maximum absolute atomic E-state index is 12.2. The molecule has 25 heavy (non-hydrogen) atoms. The minimum absolute atomic E-state index is 0.00849. The molecule has 1 aliphatic heterocycles. The van der Waals surface area contributed by atoms with Crippen LogP contribution in [0, 0.1) is 0 Å². The molecule has 0 unspecified atom stereocenters. The number of benzene rings is 1. The second kappa shape index (κ2) is 9.27. The first-order valence-electron chi connectivity index (χ1n) is 9.51. The second-order valence-electron chi connectivity index (χ2n) is 6.97. The Hall–Kier alpha value is -1.49. The highest BCUT2D eigenvalue weighted by Crippen LogP contribution is 2.27. The minimum atomic E-state index is 0.00849. The molecule has 3 rings (SSSR count). The smallest absolute Gasteiger partial charge is 0.230 e. The fourth-order valence-corrected chi connectivity index (χ4v) is 4.41. The highest BCUT2D eigenvalue weighted by atomic mass is 32.2. The number of hydrogen-bond acceptors (Lipinski definition) is 3. The normalized spacial score (nSPS) is 17.0. The van der Waals surface area contributed by atoms with Crippen molar-refractivity contribution in [2.24, 2.45) is 0 Å². The molecular weight excluding hydrogens is 332 g/mol. The third-order valence-electron chi connectivity index (χ3n) is 5.06. The molecule has 1 aliphatic carbocycles. The number of likely N-dealkylation sites (tertiary alicyclic amines) is 1. The number of aryl methyl sites for hydroxylation is 2. The SMILES string of the molecule is O=C(CSc1ccc2c(c1)CCC2)NCCC(=O)N1CCCCCC1. The molecule has 2 aliphatic rings.